The van der Waals surface area contributed by atoms with Crippen LogP contribution in [0.4, 0.5) is 0 Å². The van der Waals surface area contributed by atoms with Crippen LogP contribution in [0, 0.1) is 17.3 Å². The van der Waals surface area contributed by atoms with Gasteiger partial charge in [-0.15, -0.1) is 0 Å². The molecule has 252 valence electrons. The van der Waals surface area contributed by atoms with Crippen molar-refractivity contribution in [1.29, 1.82) is 0 Å². The Balaban J connectivity index is 1.52. The SMILES string of the molecule is CCC[C@@](C)(C(=O)NN(CCc1ccccc1)C(=O)Cc1cccnc1)[C@H](CCCC1CCCCC1)C(=O)NOC1CCCCO1. The first-order valence-electron chi connectivity index (χ1n) is 17.5. The highest BCUT2D eigenvalue weighted by atomic mass is 16.8. The van der Waals surface area contributed by atoms with E-state index < -0.39 is 17.6 Å². The molecule has 2 N–H and O–H groups in total. The van der Waals surface area contributed by atoms with E-state index in [-0.39, 0.29) is 24.1 Å². The maximum Gasteiger partial charge on any atom is 0.247 e. The molecule has 9 nitrogen and oxygen atoms in total. The van der Waals surface area contributed by atoms with Crippen molar-refractivity contribution in [3.63, 3.8) is 0 Å². The average molecular weight is 635 g/mol. The summed E-state index contributed by atoms with van der Waals surface area (Å²) in [5.41, 5.74) is 6.44. The summed E-state index contributed by atoms with van der Waals surface area (Å²) in [6, 6.07) is 13.5. The van der Waals surface area contributed by atoms with Crippen LogP contribution in [0.5, 0.6) is 0 Å². The molecule has 3 amide bonds. The minimum Gasteiger partial charge on any atom is -0.350 e. The van der Waals surface area contributed by atoms with E-state index in [2.05, 4.69) is 15.9 Å². The number of hydroxylamine groups is 1. The Morgan fingerprint density at radius 3 is 2.48 bits per heavy atom. The first-order chi connectivity index (χ1) is 22.4. The lowest BCUT2D eigenvalue weighted by Crippen LogP contribution is -2.56. The summed E-state index contributed by atoms with van der Waals surface area (Å²) in [6.07, 6.45) is 16.2. The van der Waals surface area contributed by atoms with Gasteiger partial charge in [0, 0.05) is 32.0 Å². The second-order valence-corrected chi connectivity index (χ2v) is 13.3. The summed E-state index contributed by atoms with van der Waals surface area (Å²) < 4.78 is 5.68. The zero-order chi connectivity index (χ0) is 32.6. The fourth-order valence-electron chi connectivity index (χ4n) is 6.94. The molecule has 2 fully saturated rings. The molecule has 4 rings (SSSR count). The molecule has 0 bridgehead atoms. The number of hydrogen-bond donors (Lipinski definition) is 2. The monoisotopic (exact) mass is 634 g/mol. The van der Waals surface area contributed by atoms with Gasteiger partial charge >= 0.3 is 0 Å². The van der Waals surface area contributed by atoms with E-state index in [0.29, 0.717) is 44.8 Å². The Morgan fingerprint density at radius 1 is 1.02 bits per heavy atom. The summed E-state index contributed by atoms with van der Waals surface area (Å²) in [4.78, 5) is 51.8. The molecule has 2 aromatic rings. The van der Waals surface area contributed by atoms with Gasteiger partial charge in [-0.25, -0.2) is 10.3 Å². The van der Waals surface area contributed by atoms with Gasteiger partial charge in [0.2, 0.25) is 17.7 Å². The van der Waals surface area contributed by atoms with Crippen LogP contribution in [-0.4, -0.2) is 47.2 Å². The van der Waals surface area contributed by atoms with E-state index in [1.807, 2.05) is 50.2 Å². The van der Waals surface area contributed by atoms with Crippen LogP contribution in [0.1, 0.15) is 108 Å². The summed E-state index contributed by atoms with van der Waals surface area (Å²) >= 11 is 0. The summed E-state index contributed by atoms with van der Waals surface area (Å²) in [5, 5.41) is 1.43. The zero-order valence-electron chi connectivity index (χ0n) is 27.9. The van der Waals surface area contributed by atoms with Crippen molar-refractivity contribution >= 4 is 17.7 Å². The van der Waals surface area contributed by atoms with Gasteiger partial charge < -0.3 is 4.74 Å². The number of benzene rings is 1. The number of hydrazine groups is 1. The lowest BCUT2D eigenvalue weighted by molar-refractivity contribution is -0.204. The van der Waals surface area contributed by atoms with Gasteiger partial charge in [0.25, 0.3) is 0 Å². The number of carbonyl (C=O) groups is 3. The van der Waals surface area contributed by atoms with Gasteiger partial charge in [-0.2, -0.15) is 0 Å². The van der Waals surface area contributed by atoms with Crippen LogP contribution in [0.15, 0.2) is 54.9 Å². The van der Waals surface area contributed by atoms with E-state index in [1.54, 1.807) is 18.5 Å². The molecular weight excluding hydrogens is 580 g/mol. The minimum atomic E-state index is -1.07. The lowest BCUT2D eigenvalue weighted by atomic mass is 9.70. The maximum absolute atomic E-state index is 14.4. The van der Waals surface area contributed by atoms with Crippen LogP contribution < -0.4 is 10.9 Å². The third-order valence-corrected chi connectivity index (χ3v) is 9.72. The first kappa shape index (κ1) is 35.6. The Morgan fingerprint density at radius 2 is 1.78 bits per heavy atom. The van der Waals surface area contributed by atoms with Gasteiger partial charge in [0.05, 0.1) is 17.8 Å². The maximum atomic E-state index is 14.4. The number of nitrogens with one attached hydrogen (secondary N) is 2. The molecule has 46 heavy (non-hydrogen) atoms. The fraction of sp³-hybridized carbons (Fsp3) is 0.622. The topological polar surface area (TPSA) is 110 Å². The standard InChI is InChI=1S/C37H54N4O5/c1-3-23-37(2,32(20-12-18-29-14-6-4-7-15-29)35(43)40-46-34-21-10-11-26-45-34)36(44)39-41(25-22-30-16-8-5-9-17-30)33(42)27-31-19-13-24-38-28-31/h5,8-9,13,16-17,19,24,28-29,32,34H,3-4,6-7,10-12,14-15,18,20-23,25-27H2,1-2H3,(H,39,44)(H,40,43)/t32-,34?,37-/m1/s1. The van der Waals surface area contributed by atoms with E-state index in [1.165, 1.54) is 37.1 Å². The molecule has 9 heteroatoms. The lowest BCUT2D eigenvalue weighted by Gasteiger charge is -2.38. The van der Waals surface area contributed by atoms with Crippen LogP contribution >= 0.6 is 0 Å². The highest BCUT2D eigenvalue weighted by molar-refractivity contribution is 5.91. The van der Waals surface area contributed by atoms with Crippen molar-refractivity contribution < 1.29 is 24.0 Å². The molecule has 0 spiro atoms. The Bertz CT molecular complexity index is 1200. The second-order valence-electron chi connectivity index (χ2n) is 13.3. The van der Waals surface area contributed by atoms with Crippen molar-refractivity contribution in [1.82, 2.24) is 20.9 Å². The molecule has 1 saturated heterocycles. The molecular formula is C37H54N4O5. The quantitative estimate of drug-likeness (QED) is 0.205. The second kappa shape index (κ2) is 18.7. The Labute approximate surface area is 275 Å². The van der Waals surface area contributed by atoms with Gasteiger partial charge in [0.1, 0.15) is 0 Å². The number of aromatic nitrogens is 1. The number of carbonyl (C=O) groups excluding carboxylic acids is 3. The van der Waals surface area contributed by atoms with Gasteiger partial charge in [-0.1, -0.05) is 94.7 Å². The molecule has 0 radical (unpaired) electrons. The molecule has 3 atom stereocenters. The van der Waals surface area contributed by atoms with Crippen molar-refractivity contribution in [2.45, 2.75) is 116 Å². The first-order valence-corrected chi connectivity index (χ1v) is 17.5. The highest BCUT2D eigenvalue weighted by Crippen LogP contribution is 2.38. The van der Waals surface area contributed by atoms with Crippen LogP contribution in [0.3, 0.4) is 0 Å². The zero-order valence-corrected chi connectivity index (χ0v) is 27.9. The normalized spacial score (nSPS) is 19.0. The largest absolute Gasteiger partial charge is 0.350 e. The number of ether oxygens (including phenoxy) is 1. The molecule has 1 aromatic heterocycles. The van der Waals surface area contributed by atoms with Gasteiger partial charge in [-0.05, 0) is 62.1 Å². The van der Waals surface area contributed by atoms with Crippen LogP contribution in [0.2, 0.25) is 0 Å². The molecule has 1 aliphatic carbocycles. The molecule has 1 aromatic carbocycles. The molecule has 1 aliphatic heterocycles. The van der Waals surface area contributed by atoms with E-state index in [4.69, 9.17) is 9.57 Å². The average Bonchev–Trinajstić information content (AvgIpc) is 3.09. The minimum absolute atomic E-state index is 0.105. The van der Waals surface area contributed by atoms with Crippen molar-refractivity contribution in [2.75, 3.05) is 13.2 Å². The van der Waals surface area contributed by atoms with E-state index in [0.717, 1.165) is 43.2 Å². The van der Waals surface area contributed by atoms with Gasteiger partial charge in [0.15, 0.2) is 6.29 Å². The van der Waals surface area contributed by atoms with Crippen LogP contribution in [-0.2, 0) is 36.8 Å². The van der Waals surface area contributed by atoms with E-state index in [9.17, 15) is 14.4 Å². The molecule has 1 saturated carbocycles. The molecule has 2 aliphatic rings. The summed E-state index contributed by atoms with van der Waals surface area (Å²) in [6.45, 7) is 4.80. The Kier molecular flexibility index (Phi) is 14.5. The van der Waals surface area contributed by atoms with Crippen molar-refractivity contribution in [3.05, 3.63) is 66.0 Å². The predicted molar refractivity (Wildman–Crippen MR) is 178 cm³/mol. The number of rotatable bonds is 16. The van der Waals surface area contributed by atoms with Gasteiger partial charge in [-0.3, -0.25) is 29.8 Å². The number of pyridine rings is 1. The summed E-state index contributed by atoms with van der Waals surface area (Å²) in [7, 11) is 0. The van der Waals surface area contributed by atoms with E-state index >= 15 is 0 Å². The summed E-state index contributed by atoms with van der Waals surface area (Å²) in [5.74, 6) is -0.819. The third-order valence-electron chi connectivity index (χ3n) is 9.72. The van der Waals surface area contributed by atoms with Crippen LogP contribution in [0.25, 0.3) is 0 Å². The molecule has 1 unspecified atom stereocenters. The predicted octanol–water partition coefficient (Wildman–Crippen LogP) is 6.47. The third kappa shape index (κ3) is 10.9. The number of hydrogen-bond acceptors (Lipinski definition) is 6. The smallest absolute Gasteiger partial charge is 0.247 e. The molecule has 2 heterocycles. The van der Waals surface area contributed by atoms with Crippen molar-refractivity contribution in [2.24, 2.45) is 17.3 Å². The van der Waals surface area contributed by atoms with Crippen molar-refractivity contribution in [3.8, 4) is 0 Å². The fourth-order valence-corrected chi connectivity index (χ4v) is 6.94. The number of nitrogens with zero attached hydrogens (tertiary/aromatic N) is 2. The Hall–Kier alpha value is -3.30. The highest BCUT2D eigenvalue weighted by Gasteiger charge is 2.45. The number of amides is 3.